The second-order valence-electron chi connectivity index (χ2n) is 14.2. The van der Waals surface area contributed by atoms with Crippen LogP contribution in [0.4, 0.5) is 17.1 Å². The second-order valence-corrected chi connectivity index (χ2v) is 16.4. The molecule has 2 heterocycles. The number of aromatic nitrogens is 1. The Hall–Kier alpha value is -6.64. The Labute approximate surface area is 325 Å². The van der Waals surface area contributed by atoms with Crippen molar-refractivity contribution in [3.05, 3.63) is 206 Å². The van der Waals surface area contributed by atoms with Crippen LogP contribution in [-0.4, -0.2) is 19.1 Å². The summed E-state index contributed by atoms with van der Waals surface area (Å²) in [6, 6.07) is 75.7. The first-order valence-electron chi connectivity index (χ1n) is 18.8. The van der Waals surface area contributed by atoms with Gasteiger partial charge in [0, 0.05) is 11.1 Å². The topological polar surface area (TPSA) is 8.17 Å². The monoisotopic (exact) mass is 766 g/mol. The molecule has 55 heavy (non-hydrogen) atoms. The van der Waals surface area contributed by atoms with E-state index in [2.05, 4.69) is 216 Å². The quantitative estimate of drug-likeness (QED) is 0.153. The van der Waals surface area contributed by atoms with E-state index in [0.29, 0.717) is 14.5 Å². The van der Waals surface area contributed by atoms with E-state index >= 15 is 0 Å². The van der Waals surface area contributed by atoms with Crippen LogP contribution in [0.5, 0.6) is 0 Å². The van der Waals surface area contributed by atoms with Crippen LogP contribution in [0.1, 0.15) is 0 Å². The minimum absolute atomic E-state index is 0.314. The van der Waals surface area contributed by atoms with Gasteiger partial charge in [-0.15, -0.1) is 0 Å². The van der Waals surface area contributed by atoms with E-state index in [0.717, 1.165) is 17.1 Å². The Morgan fingerprint density at radius 1 is 0.364 bits per heavy atom. The van der Waals surface area contributed by atoms with E-state index in [1.54, 1.807) is 0 Å². The summed E-state index contributed by atoms with van der Waals surface area (Å²) in [5.41, 5.74) is 11.8. The molecule has 258 valence electrons. The Kier molecular flexibility index (Phi) is 7.55. The molecule has 11 rings (SSSR count). The summed E-state index contributed by atoms with van der Waals surface area (Å²) in [5.74, 6) is 0. The van der Waals surface area contributed by atoms with Gasteiger partial charge in [0.25, 0.3) is 0 Å². The molecule has 0 amide bonds. The van der Waals surface area contributed by atoms with Crippen molar-refractivity contribution in [1.29, 1.82) is 0 Å². The van der Waals surface area contributed by atoms with E-state index in [9.17, 15) is 0 Å². The van der Waals surface area contributed by atoms with Crippen molar-refractivity contribution in [2.75, 3.05) is 4.90 Å². The molecule has 0 bridgehead atoms. The predicted molar refractivity (Wildman–Crippen MR) is 236 cm³/mol. The Morgan fingerprint density at radius 3 is 1.91 bits per heavy atom. The molecule has 0 radical (unpaired) electrons. The van der Waals surface area contributed by atoms with Gasteiger partial charge < -0.3 is 4.57 Å². The first kappa shape index (κ1) is 31.8. The van der Waals surface area contributed by atoms with Crippen LogP contribution in [0.2, 0.25) is 0 Å². The number of nitrogens with zero attached hydrogens (tertiary/aromatic N) is 2. The van der Waals surface area contributed by atoms with E-state index in [4.69, 9.17) is 0 Å². The number of para-hydroxylation sites is 3. The molecule has 9 aromatic carbocycles. The average molecular weight is 766 g/mol. The van der Waals surface area contributed by atoms with Gasteiger partial charge >= 0.3 is 240 Å². The zero-order valence-corrected chi connectivity index (χ0v) is 31.6. The third kappa shape index (κ3) is 5.40. The molecule has 0 atom stereocenters. The van der Waals surface area contributed by atoms with E-state index in [1.165, 1.54) is 79.8 Å². The van der Waals surface area contributed by atoms with Crippen molar-refractivity contribution in [2.24, 2.45) is 0 Å². The van der Waals surface area contributed by atoms with Gasteiger partial charge in [-0.2, -0.15) is 0 Å². The van der Waals surface area contributed by atoms with Gasteiger partial charge in [-0.25, -0.2) is 0 Å². The zero-order valence-electron chi connectivity index (χ0n) is 29.9. The summed E-state index contributed by atoms with van der Waals surface area (Å²) in [6.07, 6.45) is 0. The predicted octanol–water partition coefficient (Wildman–Crippen LogP) is 14.1. The summed E-state index contributed by atoms with van der Waals surface area (Å²) in [4.78, 5) is 2.44. The van der Waals surface area contributed by atoms with Crippen molar-refractivity contribution in [2.45, 2.75) is 0 Å². The van der Waals surface area contributed by atoms with E-state index in [1.807, 2.05) is 0 Å². The van der Waals surface area contributed by atoms with Crippen molar-refractivity contribution in [3.63, 3.8) is 0 Å². The molecule has 0 saturated heterocycles. The van der Waals surface area contributed by atoms with Crippen LogP contribution < -0.4 is 4.90 Å². The van der Waals surface area contributed by atoms with Crippen molar-refractivity contribution in [3.8, 4) is 27.9 Å². The standard InChI is InChI=1S/C52H34N2Se/c1-2-14-40(15-3-1)54-49-20-10-7-17-44(49)46-33-38(26-30-50(46)54)36-24-27-41(28-25-36)53(42-29-31-52-47(34-42)45-18-8-11-21-51(45)55-52)48-19-9-6-16-43(48)39-23-22-35-12-4-5-13-37(35)32-39/h1-34H. The normalized spacial score (nSPS) is 11.6. The molecule has 0 unspecified atom stereocenters. The first-order valence-corrected chi connectivity index (χ1v) is 20.5. The molecule has 0 fully saturated rings. The molecular formula is C52H34N2Se. The van der Waals surface area contributed by atoms with Crippen LogP contribution in [-0.2, 0) is 0 Å². The molecule has 0 aliphatic carbocycles. The number of fused-ring (bicyclic) bond motifs is 7. The van der Waals surface area contributed by atoms with Gasteiger partial charge in [0.05, 0.1) is 11.0 Å². The number of benzene rings is 9. The Bertz CT molecular complexity index is 3210. The van der Waals surface area contributed by atoms with Gasteiger partial charge in [-0.05, 0) is 18.2 Å². The maximum absolute atomic E-state index is 2.44. The van der Waals surface area contributed by atoms with Crippen LogP contribution >= 0.6 is 0 Å². The summed E-state index contributed by atoms with van der Waals surface area (Å²) in [6.45, 7) is 0. The van der Waals surface area contributed by atoms with E-state index in [-0.39, 0.29) is 0 Å². The Balaban J connectivity index is 1.06. The third-order valence-corrected chi connectivity index (χ3v) is 13.4. The molecule has 0 N–H and O–H groups in total. The summed E-state index contributed by atoms with van der Waals surface area (Å²) < 4.78 is 5.27. The molecule has 3 heteroatoms. The molecule has 0 aliphatic rings. The first-order chi connectivity index (χ1) is 27.3. The van der Waals surface area contributed by atoms with Gasteiger partial charge in [0.1, 0.15) is 0 Å². The van der Waals surface area contributed by atoms with E-state index < -0.39 is 0 Å². The molecule has 11 aromatic rings. The fourth-order valence-electron chi connectivity index (χ4n) is 8.36. The molecule has 2 aromatic heterocycles. The minimum Gasteiger partial charge on any atom is -0.0602 e. The SMILES string of the molecule is c1ccc(-n2c3ccccc3c3cc(-c4ccc(N(c5ccc6[se]c7ccccc7c6c5)c5ccccc5-c5ccc6ccccc6c5)cc4)ccc32)cc1. The van der Waals surface area contributed by atoms with Crippen molar-refractivity contribution in [1.82, 2.24) is 4.57 Å². The fourth-order valence-corrected chi connectivity index (χ4v) is 10.6. The number of hydrogen-bond acceptors (Lipinski definition) is 1. The maximum atomic E-state index is 2.44. The summed E-state index contributed by atoms with van der Waals surface area (Å²) >= 11 is 0.314. The van der Waals surface area contributed by atoms with Crippen molar-refractivity contribution < 1.29 is 0 Å². The van der Waals surface area contributed by atoms with Gasteiger partial charge in [0.2, 0.25) is 0 Å². The van der Waals surface area contributed by atoms with Crippen LogP contribution in [0, 0.1) is 0 Å². The second kappa shape index (κ2) is 13.0. The minimum atomic E-state index is 0.314. The molecule has 0 saturated carbocycles. The fraction of sp³-hybridized carbons (Fsp3) is 0. The van der Waals surface area contributed by atoms with Crippen molar-refractivity contribution >= 4 is 83.4 Å². The molecular weight excluding hydrogens is 732 g/mol. The van der Waals surface area contributed by atoms with Gasteiger partial charge in [-0.1, -0.05) is 42.5 Å². The molecule has 0 spiro atoms. The zero-order chi connectivity index (χ0) is 36.3. The summed E-state index contributed by atoms with van der Waals surface area (Å²) in [7, 11) is 0. The van der Waals surface area contributed by atoms with Crippen LogP contribution in [0.25, 0.3) is 79.8 Å². The van der Waals surface area contributed by atoms with Gasteiger partial charge in [-0.3, -0.25) is 0 Å². The number of rotatable bonds is 6. The molecule has 0 aliphatic heterocycles. The average Bonchev–Trinajstić information content (AvgIpc) is 3.79. The third-order valence-electron chi connectivity index (χ3n) is 11.0. The number of anilines is 3. The number of hydrogen-bond donors (Lipinski definition) is 0. The van der Waals surface area contributed by atoms with Crippen LogP contribution in [0.3, 0.4) is 0 Å². The summed E-state index contributed by atoms with van der Waals surface area (Å²) in [5, 5.41) is 7.72. The van der Waals surface area contributed by atoms with Gasteiger partial charge in [0.15, 0.2) is 0 Å². The molecule has 2 nitrogen and oxygen atoms in total. The van der Waals surface area contributed by atoms with Crippen LogP contribution in [0.15, 0.2) is 206 Å². The Morgan fingerprint density at radius 2 is 1.02 bits per heavy atom. The smallest absolute Gasteiger partial charge is 0.0602 e.